The van der Waals surface area contributed by atoms with Crippen LogP contribution in [0.4, 0.5) is 0 Å². The molecule has 2 rings (SSSR count). The zero-order valence-corrected chi connectivity index (χ0v) is 17.2. The first-order valence-corrected chi connectivity index (χ1v) is 9.40. The normalized spacial score (nSPS) is 13.6. The van der Waals surface area contributed by atoms with Crippen molar-refractivity contribution in [1.29, 1.82) is 0 Å². The van der Waals surface area contributed by atoms with E-state index in [-0.39, 0.29) is 0 Å². The van der Waals surface area contributed by atoms with E-state index in [1.54, 1.807) is 6.92 Å². The Morgan fingerprint density at radius 1 is 1.07 bits per heavy atom. The van der Waals surface area contributed by atoms with Gasteiger partial charge in [-0.25, -0.2) is 0 Å². The van der Waals surface area contributed by atoms with Crippen molar-refractivity contribution in [3.8, 4) is 5.75 Å². The third kappa shape index (κ3) is 4.51. The van der Waals surface area contributed by atoms with Crippen LogP contribution in [0.15, 0.2) is 42.5 Å². The van der Waals surface area contributed by atoms with Crippen molar-refractivity contribution in [2.45, 2.75) is 58.7 Å². The largest absolute Gasteiger partial charge is 0.489 e. The molecule has 0 saturated heterocycles. The van der Waals surface area contributed by atoms with E-state index in [0.29, 0.717) is 18.4 Å². The average molecular weight is 370 g/mol. The van der Waals surface area contributed by atoms with E-state index in [0.717, 1.165) is 16.9 Å². The van der Waals surface area contributed by atoms with Gasteiger partial charge in [0.15, 0.2) is 5.60 Å². The minimum atomic E-state index is -1.19. The Labute approximate surface area is 162 Å². The van der Waals surface area contributed by atoms with Crippen LogP contribution < -0.4 is 10.5 Å². The van der Waals surface area contributed by atoms with Gasteiger partial charge in [0.25, 0.3) is 5.91 Å². The number of ether oxygens (including phenoxy) is 2. The number of nitrogens with two attached hydrogens (primary N) is 1. The zero-order valence-electron chi connectivity index (χ0n) is 17.2. The second kappa shape index (κ2) is 8.57. The quantitative estimate of drug-likeness (QED) is 0.723. The number of primary amides is 1. The molecule has 0 saturated carbocycles. The van der Waals surface area contributed by atoms with Crippen LogP contribution in [0, 0.1) is 0 Å². The molecule has 0 spiro atoms. The van der Waals surface area contributed by atoms with Gasteiger partial charge in [0, 0.05) is 7.11 Å². The number of carbonyl (C=O) groups excluding carboxylic acids is 1. The van der Waals surface area contributed by atoms with Crippen molar-refractivity contribution in [3.63, 3.8) is 0 Å². The first-order chi connectivity index (χ1) is 12.7. The summed E-state index contributed by atoms with van der Waals surface area (Å²) in [6.45, 7) is 10.7. The van der Waals surface area contributed by atoms with Crippen LogP contribution >= 0.6 is 0 Å². The van der Waals surface area contributed by atoms with Crippen LogP contribution in [0.25, 0.3) is 0 Å². The fourth-order valence-corrected chi connectivity index (χ4v) is 3.12. The number of hydrogen-bond donors (Lipinski definition) is 1. The third-order valence-electron chi connectivity index (χ3n) is 5.12. The van der Waals surface area contributed by atoms with Crippen LogP contribution in [0.1, 0.15) is 68.7 Å². The molecule has 2 N–H and O–H groups in total. The molecule has 0 aromatic heterocycles. The number of hydrogen-bond acceptors (Lipinski definition) is 3. The molecule has 0 fully saturated rings. The molecular formula is C23H31NO3. The molecule has 1 unspecified atom stereocenters. The van der Waals surface area contributed by atoms with Gasteiger partial charge < -0.3 is 15.2 Å². The van der Waals surface area contributed by atoms with Gasteiger partial charge in [-0.1, -0.05) is 64.1 Å². The summed E-state index contributed by atoms with van der Waals surface area (Å²) in [5.74, 6) is 1.13. The Morgan fingerprint density at radius 3 is 2.30 bits per heavy atom. The van der Waals surface area contributed by atoms with Gasteiger partial charge in [0.05, 0.1) is 0 Å². The minimum absolute atomic E-state index is 0.337. The molecule has 1 atom stereocenters. The summed E-state index contributed by atoms with van der Waals surface area (Å²) in [6, 6.07) is 14.0. The van der Waals surface area contributed by atoms with Crippen LogP contribution in [0.5, 0.6) is 5.75 Å². The van der Waals surface area contributed by atoms with Crippen molar-refractivity contribution in [2.24, 2.45) is 5.73 Å². The number of rotatable bonds is 8. The predicted molar refractivity (Wildman–Crippen MR) is 109 cm³/mol. The Morgan fingerprint density at radius 2 is 1.74 bits per heavy atom. The van der Waals surface area contributed by atoms with E-state index in [1.165, 1.54) is 18.2 Å². The van der Waals surface area contributed by atoms with E-state index < -0.39 is 11.5 Å². The maximum Gasteiger partial charge on any atom is 0.254 e. The minimum Gasteiger partial charge on any atom is -0.489 e. The molecule has 0 bridgehead atoms. The van der Waals surface area contributed by atoms with Gasteiger partial charge in [-0.05, 0) is 47.1 Å². The predicted octanol–water partition coefficient (Wildman–Crippen LogP) is 4.86. The van der Waals surface area contributed by atoms with Crippen LogP contribution in [0.2, 0.25) is 0 Å². The van der Waals surface area contributed by atoms with Crippen LogP contribution in [0.3, 0.4) is 0 Å². The summed E-state index contributed by atoms with van der Waals surface area (Å²) in [5, 5.41) is 0. The first-order valence-electron chi connectivity index (χ1n) is 9.40. The number of carbonyl (C=O) groups is 1. The van der Waals surface area contributed by atoms with Crippen molar-refractivity contribution < 1.29 is 14.3 Å². The highest BCUT2D eigenvalue weighted by atomic mass is 16.5. The fourth-order valence-electron chi connectivity index (χ4n) is 3.12. The van der Waals surface area contributed by atoms with E-state index in [9.17, 15) is 4.79 Å². The van der Waals surface area contributed by atoms with E-state index in [2.05, 4.69) is 45.9 Å². The number of benzene rings is 2. The highest BCUT2D eigenvalue weighted by Crippen LogP contribution is 2.32. The average Bonchev–Trinajstić information content (AvgIpc) is 2.65. The molecule has 1 amide bonds. The maximum atomic E-state index is 12.0. The molecular weight excluding hydrogens is 338 g/mol. The lowest BCUT2D eigenvalue weighted by Gasteiger charge is -2.27. The lowest BCUT2D eigenvalue weighted by atomic mass is 9.90. The SMILES string of the molecule is COC(C)(C(N)=O)c1ccccc1COc1cc(C(C)C)ccc1C(C)C. The highest BCUT2D eigenvalue weighted by molar-refractivity contribution is 5.85. The smallest absolute Gasteiger partial charge is 0.254 e. The van der Waals surface area contributed by atoms with Gasteiger partial charge in [-0.3, -0.25) is 4.79 Å². The van der Waals surface area contributed by atoms with Crippen molar-refractivity contribution >= 4 is 5.91 Å². The Balaban J connectivity index is 2.38. The fraction of sp³-hybridized carbons (Fsp3) is 0.435. The molecule has 146 valence electrons. The van der Waals surface area contributed by atoms with Crippen LogP contribution in [-0.2, 0) is 21.7 Å². The van der Waals surface area contributed by atoms with Crippen molar-refractivity contribution in [3.05, 3.63) is 64.7 Å². The lowest BCUT2D eigenvalue weighted by molar-refractivity contribution is -0.139. The second-order valence-electron chi connectivity index (χ2n) is 7.65. The number of amides is 1. The first kappa shape index (κ1) is 21.0. The summed E-state index contributed by atoms with van der Waals surface area (Å²) in [4.78, 5) is 12.0. The van der Waals surface area contributed by atoms with Crippen molar-refractivity contribution in [1.82, 2.24) is 0 Å². The van der Waals surface area contributed by atoms with Crippen molar-refractivity contribution in [2.75, 3.05) is 7.11 Å². The molecule has 4 heteroatoms. The Bertz CT molecular complexity index is 798. The van der Waals surface area contributed by atoms with E-state index >= 15 is 0 Å². The number of methoxy groups -OCH3 is 1. The van der Waals surface area contributed by atoms with E-state index in [1.807, 2.05) is 24.3 Å². The lowest BCUT2D eigenvalue weighted by Crippen LogP contribution is -2.41. The summed E-state index contributed by atoms with van der Waals surface area (Å²) >= 11 is 0. The molecule has 27 heavy (non-hydrogen) atoms. The molecule has 2 aromatic carbocycles. The molecule has 0 radical (unpaired) electrons. The van der Waals surface area contributed by atoms with Gasteiger partial charge in [0.2, 0.25) is 0 Å². The van der Waals surface area contributed by atoms with Gasteiger partial charge in [-0.2, -0.15) is 0 Å². The van der Waals surface area contributed by atoms with Gasteiger partial charge >= 0.3 is 0 Å². The monoisotopic (exact) mass is 369 g/mol. The molecule has 0 heterocycles. The standard InChI is InChI=1S/C23H31NO3/c1-15(2)17-11-12-19(16(3)4)21(13-17)27-14-18-9-7-8-10-20(18)23(5,26-6)22(24)25/h7-13,15-16H,14H2,1-6H3,(H2,24,25). The molecule has 0 aliphatic carbocycles. The summed E-state index contributed by atoms with van der Waals surface area (Å²) in [6.07, 6.45) is 0. The van der Waals surface area contributed by atoms with Crippen LogP contribution in [-0.4, -0.2) is 13.0 Å². The molecule has 0 aliphatic rings. The summed E-state index contributed by atoms with van der Waals surface area (Å²) in [7, 11) is 1.49. The Hall–Kier alpha value is -2.33. The summed E-state index contributed by atoms with van der Waals surface area (Å²) in [5.41, 5.74) is 8.42. The van der Waals surface area contributed by atoms with Gasteiger partial charge in [-0.15, -0.1) is 0 Å². The molecule has 0 aliphatic heterocycles. The van der Waals surface area contributed by atoms with Gasteiger partial charge in [0.1, 0.15) is 12.4 Å². The topological polar surface area (TPSA) is 61.5 Å². The zero-order chi connectivity index (χ0) is 20.2. The summed E-state index contributed by atoms with van der Waals surface area (Å²) < 4.78 is 11.7. The van der Waals surface area contributed by atoms with E-state index in [4.69, 9.17) is 15.2 Å². The Kier molecular flexibility index (Phi) is 6.66. The third-order valence-corrected chi connectivity index (χ3v) is 5.12. The highest BCUT2D eigenvalue weighted by Gasteiger charge is 2.35. The molecule has 2 aromatic rings. The molecule has 4 nitrogen and oxygen atoms in total. The second-order valence-corrected chi connectivity index (χ2v) is 7.65. The maximum absolute atomic E-state index is 12.0.